The summed E-state index contributed by atoms with van der Waals surface area (Å²) in [6.07, 6.45) is 0. The van der Waals surface area contributed by atoms with E-state index in [2.05, 4.69) is 10.0 Å². The molecule has 0 radical (unpaired) electrons. The predicted octanol–water partition coefficient (Wildman–Crippen LogP) is 1.12. The number of nitrogens with two attached hydrogens (primary N) is 1. The Kier molecular flexibility index (Phi) is 5.38. The molecule has 1 rings (SSSR count). The molecule has 0 spiro atoms. The van der Waals surface area contributed by atoms with Crippen molar-refractivity contribution >= 4 is 15.9 Å². The van der Waals surface area contributed by atoms with Crippen LogP contribution in [0, 0.1) is 0 Å². The molecule has 0 unspecified atom stereocenters. The summed E-state index contributed by atoms with van der Waals surface area (Å²) in [6, 6.07) is 6.56. The van der Waals surface area contributed by atoms with Gasteiger partial charge in [-0.25, -0.2) is 13.1 Å². The Balaban J connectivity index is 3.03. The number of sulfonamides is 1. The number of amides is 1. The number of hydrogen-bond acceptors (Lipinski definition) is 4. The second kappa shape index (κ2) is 6.36. The highest BCUT2D eigenvalue weighted by atomic mass is 32.2. The molecule has 0 bridgehead atoms. The van der Waals surface area contributed by atoms with E-state index in [1.54, 1.807) is 52.8 Å². The monoisotopic (exact) mass is 327 g/mol. The number of rotatable bonds is 5. The van der Waals surface area contributed by atoms with Crippen LogP contribution in [0.25, 0.3) is 0 Å². The van der Waals surface area contributed by atoms with Gasteiger partial charge in [-0.1, -0.05) is 18.2 Å². The molecule has 22 heavy (non-hydrogen) atoms. The molecule has 0 saturated carbocycles. The number of nitrogens with one attached hydrogen (secondary N) is 2. The lowest BCUT2D eigenvalue weighted by Crippen LogP contribution is -2.49. The zero-order valence-corrected chi connectivity index (χ0v) is 14.5. The van der Waals surface area contributed by atoms with E-state index in [0.29, 0.717) is 5.56 Å². The van der Waals surface area contributed by atoms with Crippen molar-refractivity contribution in [2.75, 3.05) is 0 Å². The van der Waals surface area contributed by atoms with Crippen molar-refractivity contribution < 1.29 is 13.2 Å². The molecule has 0 aliphatic rings. The molecule has 0 aromatic heterocycles. The summed E-state index contributed by atoms with van der Waals surface area (Å²) in [5.74, 6) is -0.344. The van der Waals surface area contributed by atoms with Crippen molar-refractivity contribution in [1.29, 1.82) is 0 Å². The van der Waals surface area contributed by atoms with Crippen LogP contribution in [0.5, 0.6) is 0 Å². The molecule has 7 heteroatoms. The number of hydrogen-bond donors (Lipinski definition) is 3. The SMILES string of the molecule is CC(C)(C)NS(=O)(=O)c1ccccc1CNC(=O)C(C)(C)N. The molecule has 1 amide bonds. The lowest BCUT2D eigenvalue weighted by molar-refractivity contribution is -0.125. The topological polar surface area (TPSA) is 101 Å². The fourth-order valence-electron chi connectivity index (χ4n) is 1.77. The van der Waals surface area contributed by atoms with Crippen LogP contribution in [0.1, 0.15) is 40.2 Å². The van der Waals surface area contributed by atoms with Crippen LogP contribution in [0.4, 0.5) is 0 Å². The van der Waals surface area contributed by atoms with Gasteiger partial charge in [0.2, 0.25) is 15.9 Å². The molecule has 4 N–H and O–H groups in total. The Bertz CT molecular complexity index is 641. The molecule has 6 nitrogen and oxygen atoms in total. The summed E-state index contributed by atoms with van der Waals surface area (Å²) < 4.78 is 27.5. The summed E-state index contributed by atoms with van der Waals surface area (Å²) in [7, 11) is -3.66. The molecule has 0 atom stereocenters. The highest BCUT2D eigenvalue weighted by Crippen LogP contribution is 2.17. The van der Waals surface area contributed by atoms with E-state index < -0.39 is 21.1 Å². The standard InChI is InChI=1S/C15H25N3O3S/c1-14(2,3)18-22(20,21)12-9-7-6-8-11(12)10-17-13(19)15(4,5)16/h6-9,18H,10,16H2,1-5H3,(H,17,19). The van der Waals surface area contributed by atoms with E-state index in [9.17, 15) is 13.2 Å². The van der Waals surface area contributed by atoms with Gasteiger partial charge < -0.3 is 11.1 Å². The van der Waals surface area contributed by atoms with Crippen molar-refractivity contribution in [2.24, 2.45) is 5.73 Å². The molecule has 0 aliphatic heterocycles. The van der Waals surface area contributed by atoms with Gasteiger partial charge in [-0.15, -0.1) is 0 Å². The zero-order valence-electron chi connectivity index (χ0n) is 13.7. The van der Waals surface area contributed by atoms with Crippen LogP contribution in [0.15, 0.2) is 29.2 Å². The maximum absolute atomic E-state index is 12.5. The van der Waals surface area contributed by atoms with Crippen molar-refractivity contribution in [3.63, 3.8) is 0 Å². The molecule has 0 aliphatic carbocycles. The van der Waals surface area contributed by atoms with E-state index in [-0.39, 0.29) is 17.3 Å². The van der Waals surface area contributed by atoms with Gasteiger partial charge in [0.25, 0.3) is 0 Å². The number of benzene rings is 1. The third-order valence-electron chi connectivity index (χ3n) is 2.73. The molecular formula is C15H25N3O3S. The van der Waals surface area contributed by atoms with Gasteiger partial charge >= 0.3 is 0 Å². The van der Waals surface area contributed by atoms with Gasteiger partial charge in [-0.05, 0) is 46.2 Å². The van der Waals surface area contributed by atoms with Crippen molar-refractivity contribution in [3.05, 3.63) is 29.8 Å². The number of carbonyl (C=O) groups excluding carboxylic acids is 1. The van der Waals surface area contributed by atoms with Crippen molar-refractivity contribution in [1.82, 2.24) is 10.0 Å². The van der Waals surface area contributed by atoms with Gasteiger partial charge in [-0.2, -0.15) is 0 Å². The average Bonchev–Trinajstić information content (AvgIpc) is 2.32. The molecule has 1 aromatic carbocycles. The Hall–Kier alpha value is -1.44. The lowest BCUT2D eigenvalue weighted by Gasteiger charge is -2.22. The third-order valence-corrected chi connectivity index (χ3v) is 4.59. The van der Waals surface area contributed by atoms with Gasteiger partial charge in [0.1, 0.15) is 0 Å². The van der Waals surface area contributed by atoms with E-state index in [0.717, 1.165) is 0 Å². The average molecular weight is 327 g/mol. The highest BCUT2D eigenvalue weighted by molar-refractivity contribution is 7.89. The smallest absolute Gasteiger partial charge is 0.241 e. The van der Waals surface area contributed by atoms with Crippen LogP contribution in [-0.4, -0.2) is 25.4 Å². The van der Waals surface area contributed by atoms with Crippen LogP contribution in [0.2, 0.25) is 0 Å². The zero-order chi connectivity index (χ0) is 17.2. The number of carbonyl (C=O) groups is 1. The van der Waals surface area contributed by atoms with Crippen molar-refractivity contribution in [2.45, 2.75) is 57.1 Å². The van der Waals surface area contributed by atoms with E-state index in [4.69, 9.17) is 5.73 Å². The molecule has 1 aromatic rings. The van der Waals surface area contributed by atoms with Crippen LogP contribution < -0.4 is 15.8 Å². The van der Waals surface area contributed by atoms with Gasteiger partial charge in [-0.3, -0.25) is 4.79 Å². The molecular weight excluding hydrogens is 302 g/mol. The quantitative estimate of drug-likeness (QED) is 0.754. The maximum Gasteiger partial charge on any atom is 0.241 e. The highest BCUT2D eigenvalue weighted by Gasteiger charge is 2.25. The van der Waals surface area contributed by atoms with Gasteiger partial charge in [0.05, 0.1) is 10.4 Å². The Labute approximate surface area is 132 Å². The lowest BCUT2D eigenvalue weighted by atomic mass is 10.1. The van der Waals surface area contributed by atoms with E-state index in [1.165, 1.54) is 6.07 Å². The molecule has 0 fully saturated rings. The maximum atomic E-state index is 12.5. The van der Waals surface area contributed by atoms with Crippen molar-refractivity contribution in [3.8, 4) is 0 Å². The van der Waals surface area contributed by atoms with Crippen LogP contribution >= 0.6 is 0 Å². The van der Waals surface area contributed by atoms with E-state index in [1.807, 2.05) is 0 Å². The molecule has 124 valence electrons. The van der Waals surface area contributed by atoms with Gasteiger partial charge in [0.15, 0.2) is 0 Å². The Morgan fingerprint density at radius 3 is 2.18 bits per heavy atom. The van der Waals surface area contributed by atoms with Crippen LogP contribution in [0.3, 0.4) is 0 Å². The minimum Gasteiger partial charge on any atom is -0.350 e. The second-order valence-corrected chi connectivity index (χ2v) is 8.52. The fourth-order valence-corrected chi connectivity index (χ4v) is 3.43. The van der Waals surface area contributed by atoms with E-state index >= 15 is 0 Å². The summed E-state index contributed by atoms with van der Waals surface area (Å²) in [5.41, 5.74) is 4.61. The first-order chi connectivity index (χ1) is 9.83. The summed E-state index contributed by atoms with van der Waals surface area (Å²) in [5, 5.41) is 2.66. The third kappa shape index (κ3) is 5.40. The Morgan fingerprint density at radius 2 is 1.68 bits per heavy atom. The summed E-state index contributed by atoms with van der Waals surface area (Å²) >= 11 is 0. The van der Waals surface area contributed by atoms with Gasteiger partial charge in [0, 0.05) is 12.1 Å². The normalized spacial score (nSPS) is 13.0. The molecule has 0 saturated heterocycles. The molecule has 0 heterocycles. The second-order valence-electron chi connectivity index (χ2n) is 6.87. The fraction of sp³-hybridized carbons (Fsp3) is 0.533. The minimum absolute atomic E-state index is 0.0979. The summed E-state index contributed by atoms with van der Waals surface area (Å²) in [6.45, 7) is 8.59. The first-order valence-corrected chi connectivity index (χ1v) is 8.50. The largest absolute Gasteiger partial charge is 0.350 e. The first-order valence-electron chi connectivity index (χ1n) is 7.02. The van der Waals surface area contributed by atoms with Crippen LogP contribution in [-0.2, 0) is 21.4 Å². The Morgan fingerprint density at radius 1 is 1.14 bits per heavy atom. The summed E-state index contributed by atoms with van der Waals surface area (Å²) in [4.78, 5) is 12.0. The minimum atomic E-state index is -3.66. The first kappa shape index (κ1) is 18.6. The predicted molar refractivity (Wildman–Crippen MR) is 86.6 cm³/mol.